The largest absolute Gasteiger partial charge is 0.454 e. The molecule has 0 atom stereocenters. The van der Waals surface area contributed by atoms with Gasteiger partial charge in [0, 0.05) is 29.1 Å². The van der Waals surface area contributed by atoms with Gasteiger partial charge in [0.05, 0.1) is 0 Å². The van der Waals surface area contributed by atoms with Crippen molar-refractivity contribution >= 4 is 17.8 Å². The van der Waals surface area contributed by atoms with Crippen molar-refractivity contribution in [3.05, 3.63) is 64.7 Å². The lowest BCUT2D eigenvalue weighted by Crippen LogP contribution is -2.13. The van der Waals surface area contributed by atoms with Crippen molar-refractivity contribution in [1.82, 2.24) is 4.57 Å². The monoisotopic (exact) mass is 341 g/mol. The lowest BCUT2D eigenvalue weighted by molar-refractivity contribution is -0.136. The number of carbonyl (C=O) groups is 2. The molecule has 0 spiro atoms. The zero-order chi connectivity index (χ0) is 18.0. The van der Waals surface area contributed by atoms with Gasteiger partial charge in [0.25, 0.3) is 0 Å². The van der Waals surface area contributed by atoms with Crippen molar-refractivity contribution in [1.29, 1.82) is 0 Å². The molecular weight excluding hydrogens is 321 g/mol. The minimum Gasteiger partial charge on any atom is -0.454 e. The van der Waals surface area contributed by atoms with Crippen LogP contribution in [0, 0.1) is 19.7 Å². The Labute approximate surface area is 145 Å². The Hall–Kier alpha value is -2.69. The average molecular weight is 341 g/mol. The second kappa shape index (κ2) is 7.05. The van der Waals surface area contributed by atoms with Crippen LogP contribution in [0.1, 0.15) is 46.2 Å². The summed E-state index contributed by atoms with van der Waals surface area (Å²) < 4.78 is 20.0. The molecule has 3 rings (SSSR count). The average Bonchev–Trinajstić information content (AvgIpc) is 3.37. The maximum absolute atomic E-state index is 12.8. The van der Waals surface area contributed by atoms with Crippen LogP contribution in [0.3, 0.4) is 0 Å². The van der Waals surface area contributed by atoms with Crippen LogP contribution in [0.5, 0.6) is 0 Å². The van der Waals surface area contributed by atoms with E-state index in [0.29, 0.717) is 17.2 Å². The molecule has 0 aliphatic heterocycles. The second-order valence-corrected chi connectivity index (χ2v) is 6.30. The van der Waals surface area contributed by atoms with Crippen LogP contribution in [0.25, 0.3) is 6.08 Å². The summed E-state index contributed by atoms with van der Waals surface area (Å²) in [4.78, 5) is 24.1. The highest BCUT2D eigenvalue weighted by molar-refractivity contribution is 6.00. The molecule has 1 heterocycles. The van der Waals surface area contributed by atoms with Gasteiger partial charge in [0.1, 0.15) is 5.82 Å². The topological polar surface area (TPSA) is 48.3 Å². The molecule has 5 heteroatoms. The molecule has 0 bridgehead atoms. The number of Topliss-reactive ketones (excluding diaryl/α,β-unsaturated/α-hetero) is 1. The van der Waals surface area contributed by atoms with E-state index in [4.69, 9.17) is 4.74 Å². The van der Waals surface area contributed by atoms with E-state index in [2.05, 4.69) is 4.57 Å². The molecule has 1 aliphatic rings. The van der Waals surface area contributed by atoms with Crippen molar-refractivity contribution < 1.29 is 18.7 Å². The quantitative estimate of drug-likeness (QED) is 0.453. The van der Waals surface area contributed by atoms with Gasteiger partial charge in [-0.25, -0.2) is 9.18 Å². The number of ketones is 1. The molecule has 4 nitrogen and oxygen atoms in total. The molecule has 1 saturated carbocycles. The van der Waals surface area contributed by atoms with Gasteiger partial charge in [-0.3, -0.25) is 4.79 Å². The Kier molecular flexibility index (Phi) is 4.83. The van der Waals surface area contributed by atoms with Gasteiger partial charge in [-0.05, 0) is 56.5 Å². The lowest BCUT2D eigenvalue weighted by Gasteiger charge is -2.07. The number of hydrogen-bond acceptors (Lipinski definition) is 3. The Bertz CT molecular complexity index is 829. The zero-order valence-corrected chi connectivity index (χ0v) is 14.3. The first-order chi connectivity index (χ1) is 12.0. The van der Waals surface area contributed by atoms with Crippen molar-refractivity contribution in [2.45, 2.75) is 32.7 Å². The van der Waals surface area contributed by atoms with Crippen LogP contribution < -0.4 is 0 Å². The first-order valence-corrected chi connectivity index (χ1v) is 8.27. The van der Waals surface area contributed by atoms with Gasteiger partial charge >= 0.3 is 5.97 Å². The van der Waals surface area contributed by atoms with E-state index >= 15 is 0 Å². The Morgan fingerprint density at radius 1 is 1.24 bits per heavy atom. The summed E-state index contributed by atoms with van der Waals surface area (Å²) in [5.41, 5.74) is 3.28. The van der Waals surface area contributed by atoms with Crippen LogP contribution in [-0.2, 0) is 9.53 Å². The molecule has 1 aromatic heterocycles. The number of hydrogen-bond donors (Lipinski definition) is 0. The number of nitrogens with zero attached hydrogens (tertiary/aromatic N) is 1. The maximum Gasteiger partial charge on any atom is 0.331 e. The Balaban J connectivity index is 1.57. The first kappa shape index (κ1) is 17.1. The minimum atomic E-state index is -0.603. The Morgan fingerprint density at radius 2 is 1.92 bits per heavy atom. The number of benzene rings is 1. The number of rotatable bonds is 6. The van der Waals surface area contributed by atoms with Crippen molar-refractivity contribution in [3.63, 3.8) is 0 Å². The normalized spacial score (nSPS) is 14.0. The van der Waals surface area contributed by atoms with Gasteiger partial charge < -0.3 is 9.30 Å². The van der Waals surface area contributed by atoms with Crippen molar-refractivity contribution in [3.8, 4) is 0 Å². The van der Waals surface area contributed by atoms with E-state index in [0.717, 1.165) is 24.2 Å². The van der Waals surface area contributed by atoms with Crippen LogP contribution in [0.2, 0.25) is 0 Å². The van der Waals surface area contributed by atoms with Crippen molar-refractivity contribution in [2.75, 3.05) is 6.61 Å². The molecule has 0 amide bonds. The number of carbonyl (C=O) groups excluding carboxylic acids is 2. The predicted octanol–water partition coefficient (Wildman–Crippen LogP) is 4.02. The number of aryl methyl sites for hydroxylation is 1. The van der Waals surface area contributed by atoms with Gasteiger partial charge in [-0.1, -0.05) is 12.1 Å². The molecule has 0 saturated heterocycles. The third-order valence-corrected chi connectivity index (χ3v) is 4.32. The SMILES string of the molecule is Cc1cc(C(=O)COC(=O)/C=C/c2ccc(F)cc2)c(C)n1C1CC1. The summed E-state index contributed by atoms with van der Waals surface area (Å²) in [5.74, 6) is -1.15. The highest BCUT2D eigenvalue weighted by Crippen LogP contribution is 2.38. The summed E-state index contributed by atoms with van der Waals surface area (Å²) in [7, 11) is 0. The fourth-order valence-electron chi connectivity index (χ4n) is 2.95. The summed E-state index contributed by atoms with van der Waals surface area (Å²) in [6.07, 6.45) is 5.04. The molecule has 25 heavy (non-hydrogen) atoms. The molecule has 2 aromatic rings. The minimum absolute atomic E-state index is 0.205. The lowest BCUT2D eigenvalue weighted by atomic mass is 10.1. The number of halogens is 1. The smallest absolute Gasteiger partial charge is 0.331 e. The molecule has 0 radical (unpaired) electrons. The molecule has 130 valence electrons. The highest BCUT2D eigenvalue weighted by atomic mass is 19.1. The van der Waals surface area contributed by atoms with Gasteiger partial charge in [0.2, 0.25) is 5.78 Å². The fraction of sp³-hybridized carbons (Fsp3) is 0.300. The van der Waals surface area contributed by atoms with Crippen molar-refractivity contribution in [2.24, 2.45) is 0 Å². The number of aromatic nitrogens is 1. The summed E-state index contributed by atoms with van der Waals surface area (Å²) in [6.45, 7) is 3.62. The van der Waals surface area contributed by atoms with Gasteiger partial charge in [-0.2, -0.15) is 0 Å². The Morgan fingerprint density at radius 3 is 2.56 bits per heavy atom. The van der Waals surface area contributed by atoms with Crippen LogP contribution in [-0.4, -0.2) is 22.9 Å². The van der Waals surface area contributed by atoms with Crippen LogP contribution in [0.4, 0.5) is 4.39 Å². The summed E-state index contributed by atoms with van der Waals surface area (Å²) in [6, 6.07) is 8.09. The summed E-state index contributed by atoms with van der Waals surface area (Å²) >= 11 is 0. The molecular formula is C20H20FNO3. The maximum atomic E-state index is 12.8. The van der Waals surface area contributed by atoms with E-state index in [1.54, 1.807) is 12.1 Å². The standard InChI is InChI=1S/C20H20FNO3/c1-13-11-18(14(2)22(13)17-8-9-17)19(23)12-25-20(24)10-5-15-3-6-16(21)7-4-15/h3-7,10-11,17H,8-9,12H2,1-2H3/b10-5+. The molecule has 0 N–H and O–H groups in total. The number of esters is 1. The molecule has 1 aliphatic carbocycles. The van der Waals surface area contributed by atoms with Gasteiger partial charge in [-0.15, -0.1) is 0 Å². The third kappa shape index (κ3) is 4.05. The molecule has 1 fully saturated rings. The second-order valence-electron chi connectivity index (χ2n) is 6.30. The van der Waals surface area contributed by atoms with E-state index in [-0.39, 0.29) is 18.2 Å². The predicted molar refractivity (Wildman–Crippen MR) is 92.9 cm³/mol. The van der Waals surface area contributed by atoms with E-state index in [9.17, 15) is 14.0 Å². The molecule has 1 aromatic carbocycles. The van der Waals surface area contributed by atoms with Crippen LogP contribution in [0.15, 0.2) is 36.4 Å². The van der Waals surface area contributed by atoms with E-state index in [1.807, 2.05) is 19.9 Å². The fourth-order valence-corrected chi connectivity index (χ4v) is 2.95. The first-order valence-electron chi connectivity index (χ1n) is 8.27. The van der Waals surface area contributed by atoms with Crippen LogP contribution >= 0.6 is 0 Å². The van der Waals surface area contributed by atoms with Gasteiger partial charge in [0.15, 0.2) is 6.61 Å². The van der Waals surface area contributed by atoms with E-state index in [1.165, 1.54) is 24.3 Å². The highest BCUT2D eigenvalue weighted by Gasteiger charge is 2.28. The summed E-state index contributed by atoms with van der Waals surface area (Å²) in [5, 5.41) is 0. The van der Waals surface area contributed by atoms with E-state index < -0.39 is 5.97 Å². The third-order valence-electron chi connectivity index (χ3n) is 4.32. The molecule has 0 unspecified atom stereocenters. The zero-order valence-electron chi connectivity index (χ0n) is 14.3. The number of ether oxygens (including phenoxy) is 1.